The van der Waals surface area contributed by atoms with Gasteiger partial charge in [-0.2, -0.15) is 0 Å². The molecule has 0 aliphatic heterocycles. The molecule has 0 amide bonds. The van der Waals surface area contributed by atoms with Crippen LogP contribution in [-0.4, -0.2) is 22.0 Å². The Morgan fingerprint density at radius 3 is 2.75 bits per heavy atom. The van der Waals surface area contributed by atoms with E-state index >= 15 is 0 Å². The molecule has 62 valence electrons. The van der Waals surface area contributed by atoms with Crippen molar-refractivity contribution in [2.24, 2.45) is 0 Å². The lowest BCUT2D eigenvalue weighted by atomic mass is 10.2. The van der Waals surface area contributed by atoms with Gasteiger partial charge < -0.3 is 10.8 Å². The molecule has 12 heavy (non-hydrogen) atoms. The highest BCUT2D eigenvalue weighted by molar-refractivity contribution is 7.13. The summed E-state index contributed by atoms with van der Waals surface area (Å²) in [5.41, 5.74) is 4.80. The number of aromatic nitrogens is 1. The van der Waals surface area contributed by atoms with E-state index in [1.54, 1.807) is 0 Å². The summed E-state index contributed by atoms with van der Waals surface area (Å²) in [4.78, 5) is 24.1. The van der Waals surface area contributed by atoms with Gasteiger partial charge in [0, 0.05) is 5.38 Å². The molecule has 1 aromatic rings. The molecule has 1 heterocycles. The van der Waals surface area contributed by atoms with Gasteiger partial charge in [0.1, 0.15) is 11.6 Å². The predicted octanol–water partition coefficient (Wildman–Crippen LogP) is 0.0249. The smallest absolute Gasteiger partial charge is 0.349 e. The highest BCUT2D eigenvalue weighted by atomic mass is 32.1. The van der Waals surface area contributed by atoms with Crippen molar-refractivity contribution in [3.8, 4) is 0 Å². The Hall–Kier alpha value is -1.65. The fourth-order valence-corrected chi connectivity index (χ4v) is 1.16. The van der Waals surface area contributed by atoms with Gasteiger partial charge >= 0.3 is 5.97 Å². The van der Waals surface area contributed by atoms with Crippen LogP contribution in [0, 0.1) is 0 Å². The molecule has 0 bridgehead atoms. The first-order chi connectivity index (χ1) is 5.65. The summed E-state index contributed by atoms with van der Waals surface area (Å²) in [6, 6.07) is 0. The van der Waals surface area contributed by atoms with E-state index in [9.17, 15) is 9.59 Å². The van der Waals surface area contributed by atoms with E-state index in [-0.39, 0.29) is 10.8 Å². The zero-order chi connectivity index (χ0) is 9.14. The molecule has 0 saturated heterocycles. The first-order valence-electron chi connectivity index (χ1n) is 2.85. The molecule has 0 radical (unpaired) electrons. The van der Waals surface area contributed by atoms with Crippen LogP contribution in [-0.2, 0) is 9.59 Å². The number of thiazole rings is 1. The number of nitrogens with two attached hydrogens (primary N) is 1. The second-order valence-corrected chi connectivity index (χ2v) is 2.74. The van der Waals surface area contributed by atoms with Gasteiger partial charge in [0.2, 0.25) is 0 Å². The standard InChI is InChI=1S/C6H4N2O3S/c7-6-8-4(2-12-6)3(1-9)5(10)11/h2H,(H2,7,8)(H,10,11). The summed E-state index contributed by atoms with van der Waals surface area (Å²) in [7, 11) is 0. The Bertz CT molecular complexity index is 365. The largest absolute Gasteiger partial charge is 0.477 e. The third-order valence-corrected chi connectivity index (χ3v) is 1.77. The van der Waals surface area contributed by atoms with Gasteiger partial charge in [0.05, 0.1) is 0 Å². The molecule has 0 spiro atoms. The normalized spacial score (nSPS) is 9.00. The van der Waals surface area contributed by atoms with Crippen LogP contribution in [0.15, 0.2) is 5.38 Å². The summed E-state index contributed by atoms with van der Waals surface area (Å²) in [5.74, 6) is -0.0647. The van der Waals surface area contributed by atoms with Crippen LogP contribution >= 0.6 is 11.3 Å². The molecule has 0 aliphatic carbocycles. The number of carbonyl (C=O) groups excluding carboxylic acids is 1. The van der Waals surface area contributed by atoms with Gasteiger partial charge in [-0.25, -0.2) is 14.6 Å². The van der Waals surface area contributed by atoms with E-state index in [4.69, 9.17) is 10.8 Å². The van der Waals surface area contributed by atoms with Gasteiger partial charge in [-0.3, -0.25) is 0 Å². The summed E-state index contributed by atoms with van der Waals surface area (Å²) >= 11 is 1.07. The van der Waals surface area contributed by atoms with E-state index in [0.29, 0.717) is 0 Å². The third-order valence-electron chi connectivity index (χ3n) is 1.09. The minimum atomic E-state index is -1.35. The SMILES string of the molecule is Nc1nc(C(=C=O)C(=O)O)cs1. The van der Waals surface area contributed by atoms with Crippen molar-refractivity contribution in [3.05, 3.63) is 11.1 Å². The number of aliphatic carboxylic acids is 1. The second-order valence-electron chi connectivity index (χ2n) is 1.85. The number of hydrogen-bond acceptors (Lipinski definition) is 5. The topological polar surface area (TPSA) is 93.3 Å². The maximum absolute atomic E-state index is 10.4. The molecule has 1 aromatic heterocycles. The molecule has 0 fully saturated rings. The first-order valence-corrected chi connectivity index (χ1v) is 3.73. The molecule has 5 nitrogen and oxygen atoms in total. The van der Waals surface area contributed by atoms with Crippen molar-refractivity contribution < 1.29 is 14.7 Å². The van der Waals surface area contributed by atoms with Crippen molar-refractivity contribution in [2.45, 2.75) is 0 Å². The zero-order valence-corrected chi connectivity index (χ0v) is 6.59. The van der Waals surface area contributed by atoms with Gasteiger partial charge in [-0.05, 0) is 0 Å². The van der Waals surface area contributed by atoms with Gasteiger partial charge in [0.25, 0.3) is 0 Å². The summed E-state index contributed by atoms with van der Waals surface area (Å²) in [5, 5.41) is 10.1. The Morgan fingerprint density at radius 1 is 1.75 bits per heavy atom. The quantitative estimate of drug-likeness (QED) is 0.499. The first kappa shape index (κ1) is 8.45. The summed E-state index contributed by atoms with van der Waals surface area (Å²) < 4.78 is 0. The molecule has 0 aromatic carbocycles. The van der Waals surface area contributed by atoms with Crippen LogP contribution < -0.4 is 5.73 Å². The molecule has 6 heteroatoms. The van der Waals surface area contributed by atoms with Crippen LogP contribution in [0.1, 0.15) is 5.69 Å². The van der Waals surface area contributed by atoms with Gasteiger partial charge in [-0.15, -0.1) is 11.3 Å². The predicted molar refractivity (Wildman–Crippen MR) is 43.3 cm³/mol. The van der Waals surface area contributed by atoms with E-state index in [1.807, 2.05) is 0 Å². The molecule has 0 aliphatic rings. The zero-order valence-electron chi connectivity index (χ0n) is 5.77. The molecule has 0 saturated carbocycles. The lowest BCUT2D eigenvalue weighted by Crippen LogP contribution is -2.00. The second kappa shape index (κ2) is 3.17. The highest BCUT2D eigenvalue weighted by Crippen LogP contribution is 2.17. The fraction of sp³-hybridized carbons (Fsp3) is 0. The minimum Gasteiger partial charge on any atom is -0.477 e. The maximum atomic E-state index is 10.4. The lowest BCUT2D eigenvalue weighted by Gasteiger charge is -1.88. The molecular weight excluding hydrogens is 180 g/mol. The Balaban J connectivity index is 3.13. The van der Waals surface area contributed by atoms with Crippen molar-refractivity contribution in [2.75, 3.05) is 5.73 Å². The van der Waals surface area contributed by atoms with Crippen LogP contribution in [0.4, 0.5) is 5.13 Å². The van der Waals surface area contributed by atoms with E-state index in [2.05, 4.69) is 4.98 Å². The molecule has 3 N–H and O–H groups in total. The molecule has 0 atom stereocenters. The van der Waals surface area contributed by atoms with E-state index < -0.39 is 11.5 Å². The number of carboxylic acids is 1. The molecular formula is C6H4N2O3S. The summed E-state index contributed by atoms with van der Waals surface area (Å²) in [6.45, 7) is 0. The Kier molecular flexibility index (Phi) is 2.23. The number of anilines is 1. The fourth-order valence-electron chi connectivity index (χ4n) is 0.608. The lowest BCUT2D eigenvalue weighted by molar-refractivity contribution is -0.130. The van der Waals surface area contributed by atoms with Crippen LogP contribution in [0.25, 0.3) is 5.57 Å². The Morgan fingerprint density at radius 2 is 2.42 bits per heavy atom. The van der Waals surface area contributed by atoms with E-state index in [0.717, 1.165) is 11.3 Å². The number of rotatable bonds is 2. The average Bonchev–Trinajstić information content (AvgIpc) is 2.37. The van der Waals surface area contributed by atoms with Gasteiger partial charge in [-0.1, -0.05) is 0 Å². The maximum Gasteiger partial charge on any atom is 0.349 e. The van der Waals surface area contributed by atoms with Crippen molar-refractivity contribution >= 4 is 34.0 Å². The van der Waals surface area contributed by atoms with Crippen molar-refractivity contribution in [1.29, 1.82) is 0 Å². The van der Waals surface area contributed by atoms with Crippen molar-refractivity contribution in [3.63, 3.8) is 0 Å². The molecule has 1 rings (SSSR count). The van der Waals surface area contributed by atoms with Crippen LogP contribution in [0.2, 0.25) is 0 Å². The Labute approximate surface area is 71.2 Å². The van der Waals surface area contributed by atoms with Gasteiger partial charge in [0.15, 0.2) is 10.7 Å². The summed E-state index contributed by atoms with van der Waals surface area (Å²) in [6.07, 6.45) is 0. The average molecular weight is 184 g/mol. The van der Waals surface area contributed by atoms with E-state index in [1.165, 1.54) is 11.3 Å². The minimum absolute atomic E-state index is 0.0556. The monoisotopic (exact) mass is 184 g/mol. The third kappa shape index (κ3) is 1.50. The number of nitrogens with zero attached hydrogens (tertiary/aromatic N) is 1. The number of hydrogen-bond donors (Lipinski definition) is 2. The van der Waals surface area contributed by atoms with Crippen molar-refractivity contribution in [1.82, 2.24) is 4.98 Å². The number of carbonyl (C=O) groups is 1. The highest BCUT2D eigenvalue weighted by Gasteiger charge is 2.14. The van der Waals surface area contributed by atoms with Crippen LogP contribution in [0.5, 0.6) is 0 Å². The van der Waals surface area contributed by atoms with Crippen LogP contribution in [0.3, 0.4) is 0 Å². The number of nitrogen functional groups attached to an aromatic ring is 1. The molecule has 0 unspecified atom stereocenters. The number of carboxylic acid groups (broad SMARTS) is 1.